The number of piperidine rings is 1. The average Bonchev–Trinajstić information content (AvgIpc) is 3.16. The van der Waals surface area contributed by atoms with Gasteiger partial charge in [0, 0.05) is 30.8 Å². The molecule has 0 spiro atoms. The third-order valence-electron chi connectivity index (χ3n) is 5.87. The minimum absolute atomic E-state index is 0.0908. The highest BCUT2D eigenvalue weighted by Gasteiger charge is 2.49. The molecule has 0 radical (unpaired) electrons. The fourth-order valence-electron chi connectivity index (χ4n) is 4.44. The Morgan fingerprint density at radius 1 is 1.25 bits per heavy atom. The number of pyridine rings is 1. The standard InChI is InChI=1S/C21H20F3N5O3/c1-31-15-10-25-8-7-14(15)29-13-5-3-2-4-11(13)17(28-29)12-6-9-26-19-16(12)18(21(22,23)24)32-20(30)27-19/h2-6,9,14-15,18,25H,7-8,10H2,1H3,(H,26,27,30)/t14-,15+,18+/m0/s1. The molecule has 0 aliphatic carbocycles. The lowest BCUT2D eigenvalue weighted by atomic mass is 9.97. The number of carbonyl (C=O) groups excluding carboxylic acids is 1. The second-order valence-corrected chi connectivity index (χ2v) is 7.72. The molecule has 3 atom stereocenters. The van der Waals surface area contributed by atoms with Gasteiger partial charge in [-0.15, -0.1) is 0 Å². The van der Waals surface area contributed by atoms with E-state index in [9.17, 15) is 18.0 Å². The van der Waals surface area contributed by atoms with Crippen LogP contribution in [0.5, 0.6) is 0 Å². The molecule has 1 saturated heterocycles. The van der Waals surface area contributed by atoms with Crippen LogP contribution in [0.15, 0.2) is 36.5 Å². The number of rotatable bonds is 3. The fraction of sp³-hybridized carbons (Fsp3) is 0.381. The number of ether oxygens (including phenoxy) is 2. The fourth-order valence-corrected chi connectivity index (χ4v) is 4.44. The molecule has 0 unspecified atom stereocenters. The van der Waals surface area contributed by atoms with Gasteiger partial charge >= 0.3 is 12.3 Å². The number of methoxy groups -OCH3 is 1. The highest BCUT2D eigenvalue weighted by Crippen LogP contribution is 2.46. The number of hydrogen-bond acceptors (Lipinski definition) is 6. The lowest BCUT2D eigenvalue weighted by Crippen LogP contribution is -2.43. The number of alkyl halides is 3. The third-order valence-corrected chi connectivity index (χ3v) is 5.87. The summed E-state index contributed by atoms with van der Waals surface area (Å²) < 4.78 is 53.5. The van der Waals surface area contributed by atoms with Crippen LogP contribution in [0, 0.1) is 0 Å². The number of cyclic esters (lactones) is 1. The molecule has 168 valence electrons. The Hall–Kier alpha value is -3.18. The first-order valence-corrected chi connectivity index (χ1v) is 10.1. The van der Waals surface area contributed by atoms with E-state index < -0.39 is 18.4 Å². The van der Waals surface area contributed by atoms with Crippen molar-refractivity contribution in [1.29, 1.82) is 0 Å². The number of fused-ring (bicyclic) bond motifs is 2. The van der Waals surface area contributed by atoms with Gasteiger partial charge in [0.2, 0.25) is 6.10 Å². The summed E-state index contributed by atoms with van der Waals surface area (Å²) in [5.41, 5.74) is 1.09. The normalized spacial score (nSPS) is 23.5. The number of carbonyl (C=O) groups is 1. The van der Waals surface area contributed by atoms with Crippen molar-refractivity contribution in [2.45, 2.75) is 30.8 Å². The summed E-state index contributed by atoms with van der Waals surface area (Å²) >= 11 is 0. The Bertz CT molecular complexity index is 1180. The Morgan fingerprint density at radius 3 is 2.84 bits per heavy atom. The van der Waals surface area contributed by atoms with E-state index in [1.807, 2.05) is 22.9 Å². The first-order chi connectivity index (χ1) is 15.4. The minimum Gasteiger partial charge on any atom is -0.431 e. The average molecular weight is 447 g/mol. The molecule has 1 amide bonds. The lowest BCUT2D eigenvalue weighted by molar-refractivity contribution is -0.206. The third kappa shape index (κ3) is 3.37. The minimum atomic E-state index is -4.81. The SMILES string of the molecule is CO[C@@H]1CNCC[C@@H]1n1nc(-c2ccnc3c2[C@H](C(F)(F)F)OC(=O)N3)c2ccccc21. The van der Waals surface area contributed by atoms with E-state index in [1.165, 1.54) is 12.3 Å². The van der Waals surface area contributed by atoms with Gasteiger partial charge in [0.15, 0.2) is 0 Å². The zero-order valence-electron chi connectivity index (χ0n) is 17.0. The van der Waals surface area contributed by atoms with Crippen molar-refractivity contribution in [3.63, 3.8) is 0 Å². The van der Waals surface area contributed by atoms with Gasteiger partial charge in [-0.25, -0.2) is 9.78 Å². The van der Waals surface area contributed by atoms with Gasteiger partial charge in [-0.05, 0) is 25.1 Å². The molecule has 2 aliphatic heterocycles. The number of para-hydroxylation sites is 1. The van der Waals surface area contributed by atoms with E-state index in [2.05, 4.69) is 20.4 Å². The number of hydrogen-bond donors (Lipinski definition) is 2. The van der Waals surface area contributed by atoms with Crippen molar-refractivity contribution in [3.8, 4) is 11.3 Å². The largest absolute Gasteiger partial charge is 0.431 e. The second-order valence-electron chi connectivity index (χ2n) is 7.72. The Labute approximate surface area is 180 Å². The number of amides is 1. The van der Waals surface area contributed by atoms with Crippen molar-refractivity contribution in [3.05, 3.63) is 42.1 Å². The Morgan fingerprint density at radius 2 is 2.06 bits per heavy atom. The van der Waals surface area contributed by atoms with E-state index in [0.717, 1.165) is 18.5 Å². The predicted molar refractivity (Wildman–Crippen MR) is 109 cm³/mol. The van der Waals surface area contributed by atoms with Crippen LogP contribution in [0.3, 0.4) is 0 Å². The Kier molecular flexibility index (Phi) is 5.01. The molecular formula is C21H20F3N5O3. The number of aromatic nitrogens is 3. The molecule has 2 aliphatic rings. The maximum Gasteiger partial charge on any atom is 0.430 e. The van der Waals surface area contributed by atoms with Gasteiger partial charge < -0.3 is 14.8 Å². The first kappa shape index (κ1) is 20.7. The molecule has 1 aromatic carbocycles. The molecule has 5 rings (SSSR count). The number of anilines is 1. The zero-order valence-corrected chi connectivity index (χ0v) is 17.0. The van der Waals surface area contributed by atoms with Crippen molar-refractivity contribution in [2.75, 3.05) is 25.5 Å². The summed E-state index contributed by atoms with van der Waals surface area (Å²) in [5, 5.41) is 11.0. The van der Waals surface area contributed by atoms with Gasteiger partial charge in [0.25, 0.3) is 0 Å². The van der Waals surface area contributed by atoms with Crippen LogP contribution in [0.25, 0.3) is 22.2 Å². The summed E-state index contributed by atoms with van der Waals surface area (Å²) in [5.74, 6) is -0.184. The molecule has 4 heterocycles. The van der Waals surface area contributed by atoms with Gasteiger partial charge in [-0.2, -0.15) is 18.3 Å². The van der Waals surface area contributed by atoms with E-state index in [1.54, 1.807) is 13.2 Å². The number of nitrogens with one attached hydrogen (secondary N) is 2. The molecule has 2 aromatic heterocycles. The molecule has 3 aromatic rings. The molecule has 0 bridgehead atoms. The molecule has 1 fully saturated rings. The maximum atomic E-state index is 13.8. The summed E-state index contributed by atoms with van der Waals surface area (Å²) in [6.45, 7) is 1.42. The monoisotopic (exact) mass is 447 g/mol. The zero-order chi connectivity index (χ0) is 22.5. The molecule has 2 N–H and O–H groups in total. The molecule has 32 heavy (non-hydrogen) atoms. The van der Waals surface area contributed by atoms with Crippen molar-refractivity contribution in [2.24, 2.45) is 0 Å². The molecular weight excluding hydrogens is 427 g/mol. The maximum absolute atomic E-state index is 13.8. The van der Waals surface area contributed by atoms with Gasteiger partial charge in [-0.1, -0.05) is 18.2 Å². The number of halogens is 3. The summed E-state index contributed by atoms with van der Waals surface area (Å²) in [4.78, 5) is 15.7. The van der Waals surface area contributed by atoms with Crippen LogP contribution < -0.4 is 10.6 Å². The van der Waals surface area contributed by atoms with Crippen LogP contribution in [-0.2, 0) is 9.47 Å². The quantitative estimate of drug-likeness (QED) is 0.635. The van der Waals surface area contributed by atoms with Crippen molar-refractivity contribution >= 4 is 22.8 Å². The van der Waals surface area contributed by atoms with Crippen LogP contribution in [0.1, 0.15) is 24.1 Å². The summed E-state index contributed by atoms with van der Waals surface area (Å²) in [6.07, 6.45) is -6.48. The topological polar surface area (TPSA) is 90.3 Å². The highest BCUT2D eigenvalue weighted by molar-refractivity contribution is 5.97. The van der Waals surface area contributed by atoms with Crippen LogP contribution in [-0.4, -0.2) is 53.3 Å². The van der Waals surface area contributed by atoms with Crippen LogP contribution in [0.4, 0.5) is 23.8 Å². The molecule has 11 heteroatoms. The summed E-state index contributed by atoms with van der Waals surface area (Å²) in [6, 6.07) is 8.74. The second kappa shape index (κ2) is 7.75. The van der Waals surface area contributed by atoms with E-state index in [0.29, 0.717) is 17.6 Å². The van der Waals surface area contributed by atoms with E-state index in [-0.39, 0.29) is 29.1 Å². The summed E-state index contributed by atoms with van der Waals surface area (Å²) in [7, 11) is 1.63. The lowest BCUT2D eigenvalue weighted by Gasteiger charge is -2.31. The smallest absolute Gasteiger partial charge is 0.430 e. The van der Waals surface area contributed by atoms with Crippen LogP contribution in [0.2, 0.25) is 0 Å². The van der Waals surface area contributed by atoms with Gasteiger partial charge in [0.1, 0.15) is 11.5 Å². The number of benzene rings is 1. The first-order valence-electron chi connectivity index (χ1n) is 10.1. The van der Waals surface area contributed by atoms with E-state index in [4.69, 9.17) is 9.84 Å². The van der Waals surface area contributed by atoms with E-state index >= 15 is 0 Å². The van der Waals surface area contributed by atoms with Crippen molar-refractivity contribution < 1.29 is 27.4 Å². The van der Waals surface area contributed by atoms with Crippen LogP contribution >= 0.6 is 0 Å². The van der Waals surface area contributed by atoms with Gasteiger partial charge in [-0.3, -0.25) is 10.00 Å². The highest BCUT2D eigenvalue weighted by atomic mass is 19.4. The Balaban J connectivity index is 1.72. The number of nitrogens with zero attached hydrogens (tertiary/aromatic N) is 3. The van der Waals surface area contributed by atoms with Crippen molar-refractivity contribution in [1.82, 2.24) is 20.1 Å². The van der Waals surface area contributed by atoms with Gasteiger partial charge in [0.05, 0.1) is 23.2 Å². The predicted octanol–water partition coefficient (Wildman–Crippen LogP) is 3.81. The molecule has 8 nitrogen and oxygen atoms in total. The molecule has 0 saturated carbocycles.